The Labute approximate surface area is 158 Å². The third-order valence-electron chi connectivity index (χ3n) is 3.95. The van der Waals surface area contributed by atoms with Gasteiger partial charge >= 0.3 is 11.9 Å². The van der Waals surface area contributed by atoms with Gasteiger partial charge in [0.25, 0.3) is 0 Å². The van der Waals surface area contributed by atoms with Gasteiger partial charge in [-0.05, 0) is 24.3 Å². The van der Waals surface area contributed by atoms with Gasteiger partial charge in [0.15, 0.2) is 0 Å². The number of nitrogens with zero attached hydrogens (tertiary/aromatic N) is 1. The van der Waals surface area contributed by atoms with E-state index in [2.05, 4.69) is 5.32 Å². The molecule has 0 spiro atoms. The lowest BCUT2D eigenvalue weighted by molar-refractivity contribution is -0.140. The molecule has 2 rings (SSSR count). The predicted octanol–water partition coefficient (Wildman–Crippen LogP) is 2.07. The van der Waals surface area contributed by atoms with Crippen molar-refractivity contribution < 1.29 is 28.6 Å². The molecular formula is C19H24N2O6. The summed E-state index contributed by atoms with van der Waals surface area (Å²) in [7, 11) is 2.47. The van der Waals surface area contributed by atoms with Crippen LogP contribution in [0.2, 0.25) is 0 Å². The first-order chi connectivity index (χ1) is 12.7. The molecule has 1 aromatic carbocycles. The number of carbonyl (C=O) groups is 3. The Hall–Kier alpha value is -2.87. The van der Waals surface area contributed by atoms with E-state index >= 15 is 0 Å². The molecule has 146 valence electrons. The van der Waals surface area contributed by atoms with Crippen LogP contribution in [0.15, 0.2) is 35.5 Å². The Kier molecular flexibility index (Phi) is 6.22. The van der Waals surface area contributed by atoms with Crippen molar-refractivity contribution in [2.24, 2.45) is 5.41 Å². The van der Waals surface area contributed by atoms with E-state index in [1.807, 2.05) is 20.8 Å². The van der Waals surface area contributed by atoms with Crippen LogP contribution >= 0.6 is 0 Å². The number of rotatable bonds is 4. The minimum absolute atomic E-state index is 0.0483. The van der Waals surface area contributed by atoms with E-state index in [4.69, 9.17) is 14.2 Å². The standard InChI is InChI=1S/C19H24N2O6/c1-19(2,3)18(24)20-12-6-8-13(9-7-12)21-11-27-10-14(16(22)25-4)15(21)17(23)26-5/h6-9H,10-11H2,1-5H3,(H,20,24). The van der Waals surface area contributed by atoms with Crippen LogP contribution in [0.4, 0.5) is 11.4 Å². The molecule has 1 aliphatic heterocycles. The Morgan fingerprint density at radius 1 is 1.04 bits per heavy atom. The number of nitrogens with one attached hydrogen (secondary N) is 1. The minimum Gasteiger partial charge on any atom is -0.466 e. The quantitative estimate of drug-likeness (QED) is 0.804. The van der Waals surface area contributed by atoms with Crippen molar-refractivity contribution in [3.8, 4) is 0 Å². The van der Waals surface area contributed by atoms with E-state index in [-0.39, 0.29) is 30.5 Å². The van der Waals surface area contributed by atoms with Gasteiger partial charge in [0.2, 0.25) is 5.91 Å². The summed E-state index contributed by atoms with van der Waals surface area (Å²) in [6.45, 7) is 5.49. The van der Waals surface area contributed by atoms with Crippen LogP contribution in [-0.4, -0.2) is 45.4 Å². The summed E-state index contributed by atoms with van der Waals surface area (Å²) >= 11 is 0. The number of benzene rings is 1. The number of hydrogen-bond donors (Lipinski definition) is 1. The highest BCUT2D eigenvalue weighted by Gasteiger charge is 2.32. The van der Waals surface area contributed by atoms with Crippen molar-refractivity contribution >= 4 is 29.2 Å². The molecule has 0 saturated heterocycles. The molecule has 1 heterocycles. The average molecular weight is 376 g/mol. The van der Waals surface area contributed by atoms with Crippen molar-refractivity contribution in [3.05, 3.63) is 35.5 Å². The second kappa shape index (κ2) is 8.22. The van der Waals surface area contributed by atoms with E-state index in [9.17, 15) is 14.4 Å². The third-order valence-corrected chi connectivity index (χ3v) is 3.95. The van der Waals surface area contributed by atoms with Crippen molar-refractivity contribution in [1.82, 2.24) is 0 Å². The average Bonchev–Trinajstić information content (AvgIpc) is 2.66. The summed E-state index contributed by atoms with van der Waals surface area (Å²) in [4.78, 5) is 37.9. The van der Waals surface area contributed by atoms with E-state index < -0.39 is 17.4 Å². The topological polar surface area (TPSA) is 94.2 Å². The molecule has 0 unspecified atom stereocenters. The maximum absolute atomic E-state index is 12.3. The first kappa shape index (κ1) is 20.4. The Morgan fingerprint density at radius 2 is 1.63 bits per heavy atom. The molecule has 0 atom stereocenters. The largest absolute Gasteiger partial charge is 0.466 e. The van der Waals surface area contributed by atoms with Crippen molar-refractivity contribution in [2.75, 3.05) is 37.8 Å². The van der Waals surface area contributed by atoms with Gasteiger partial charge < -0.3 is 24.4 Å². The Bertz CT molecular complexity index is 761. The number of esters is 2. The van der Waals surface area contributed by atoms with E-state index in [0.717, 1.165) is 0 Å². The van der Waals surface area contributed by atoms with E-state index in [0.29, 0.717) is 11.4 Å². The van der Waals surface area contributed by atoms with Gasteiger partial charge in [-0.3, -0.25) is 4.79 Å². The van der Waals surface area contributed by atoms with Crippen LogP contribution in [0, 0.1) is 5.41 Å². The summed E-state index contributed by atoms with van der Waals surface area (Å²) in [6, 6.07) is 6.84. The van der Waals surface area contributed by atoms with Crippen molar-refractivity contribution in [1.29, 1.82) is 0 Å². The van der Waals surface area contributed by atoms with Crippen LogP contribution in [0.1, 0.15) is 20.8 Å². The van der Waals surface area contributed by atoms with Gasteiger partial charge in [-0.15, -0.1) is 0 Å². The molecule has 1 aromatic rings. The lowest BCUT2D eigenvalue weighted by Gasteiger charge is -2.31. The first-order valence-electron chi connectivity index (χ1n) is 8.35. The zero-order valence-electron chi connectivity index (χ0n) is 16.1. The highest BCUT2D eigenvalue weighted by atomic mass is 16.5. The first-order valence-corrected chi connectivity index (χ1v) is 8.35. The molecule has 0 fully saturated rings. The van der Waals surface area contributed by atoms with Crippen molar-refractivity contribution in [2.45, 2.75) is 20.8 Å². The molecule has 1 aliphatic rings. The summed E-state index contributed by atoms with van der Waals surface area (Å²) < 4.78 is 15.0. The summed E-state index contributed by atoms with van der Waals surface area (Å²) in [5, 5.41) is 2.83. The number of methoxy groups -OCH3 is 2. The fourth-order valence-corrected chi connectivity index (χ4v) is 2.39. The molecule has 8 nitrogen and oxygen atoms in total. The molecule has 1 N–H and O–H groups in total. The summed E-state index contributed by atoms with van der Waals surface area (Å²) in [5.41, 5.74) is 0.858. The van der Waals surface area contributed by atoms with E-state index in [1.54, 1.807) is 24.3 Å². The predicted molar refractivity (Wildman–Crippen MR) is 98.9 cm³/mol. The maximum Gasteiger partial charge on any atom is 0.355 e. The van der Waals surface area contributed by atoms with Gasteiger partial charge in [0.1, 0.15) is 12.4 Å². The number of amides is 1. The lowest BCUT2D eigenvalue weighted by atomic mass is 9.95. The highest BCUT2D eigenvalue weighted by Crippen LogP contribution is 2.28. The lowest BCUT2D eigenvalue weighted by Crippen LogP contribution is -2.38. The van der Waals surface area contributed by atoms with Crippen LogP contribution < -0.4 is 10.2 Å². The number of hydrogen-bond acceptors (Lipinski definition) is 7. The second-order valence-corrected chi connectivity index (χ2v) is 6.97. The van der Waals surface area contributed by atoms with Crippen LogP contribution in [0.3, 0.4) is 0 Å². The molecule has 0 bridgehead atoms. The number of anilines is 2. The Morgan fingerprint density at radius 3 is 2.15 bits per heavy atom. The molecular weight excluding hydrogens is 352 g/mol. The molecule has 8 heteroatoms. The molecule has 0 radical (unpaired) electrons. The zero-order chi connectivity index (χ0) is 20.2. The second-order valence-electron chi connectivity index (χ2n) is 6.97. The van der Waals surface area contributed by atoms with Gasteiger partial charge in [0, 0.05) is 16.8 Å². The number of carbonyl (C=O) groups excluding carboxylic acids is 3. The smallest absolute Gasteiger partial charge is 0.355 e. The normalized spacial score (nSPS) is 14.6. The third kappa shape index (κ3) is 4.65. The van der Waals surface area contributed by atoms with Gasteiger partial charge in [0.05, 0.1) is 26.4 Å². The van der Waals surface area contributed by atoms with Crippen LogP contribution in [-0.2, 0) is 28.6 Å². The molecule has 0 aliphatic carbocycles. The maximum atomic E-state index is 12.3. The minimum atomic E-state index is -0.663. The summed E-state index contributed by atoms with van der Waals surface area (Å²) in [6.07, 6.45) is 0. The molecule has 27 heavy (non-hydrogen) atoms. The summed E-state index contributed by atoms with van der Waals surface area (Å²) in [5.74, 6) is -1.43. The fraction of sp³-hybridized carbons (Fsp3) is 0.421. The zero-order valence-corrected chi connectivity index (χ0v) is 16.1. The SMILES string of the molecule is COC(=O)C1=C(C(=O)OC)N(c2ccc(NC(=O)C(C)(C)C)cc2)COC1. The van der Waals surface area contributed by atoms with Gasteiger partial charge in [-0.25, -0.2) is 9.59 Å². The van der Waals surface area contributed by atoms with Crippen molar-refractivity contribution in [3.63, 3.8) is 0 Å². The molecule has 1 amide bonds. The van der Waals surface area contributed by atoms with Crippen LogP contribution in [0.25, 0.3) is 0 Å². The highest BCUT2D eigenvalue weighted by molar-refractivity contribution is 6.03. The monoisotopic (exact) mass is 376 g/mol. The van der Waals surface area contributed by atoms with Gasteiger partial charge in [-0.1, -0.05) is 20.8 Å². The molecule has 0 aromatic heterocycles. The number of ether oxygens (including phenoxy) is 3. The van der Waals surface area contributed by atoms with Crippen LogP contribution in [0.5, 0.6) is 0 Å². The van der Waals surface area contributed by atoms with E-state index in [1.165, 1.54) is 19.1 Å². The van der Waals surface area contributed by atoms with Gasteiger partial charge in [-0.2, -0.15) is 0 Å². The molecule has 0 saturated carbocycles. The Balaban J connectivity index is 2.34. The fourth-order valence-electron chi connectivity index (χ4n) is 2.39.